The number of nitrogens with two attached hydrogens (primary N) is 1. The van der Waals surface area contributed by atoms with Gasteiger partial charge < -0.3 is 11.1 Å². The topological polar surface area (TPSA) is 68.0 Å². The van der Waals surface area contributed by atoms with Gasteiger partial charge in [-0.3, -0.25) is 4.79 Å². The molecule has 22 heavy (non-hydrogen) atoms. The Kier molecular flexibility index (Phi) is 6.47. The summed E-state index contributed by atoms with van der Waals surface area (Å²) >= 11 is 1.41. The Morgan fingerprint density at radius 3 is 2.82 bits per heavy atom. The normalized spacial score (nSPS) is 10.9. The van der Waals surface area contributed by atoms with Crippen LogP contribution in [0.25, 0.3) is 0 Å². The Balaban J connectivity index is 0.00000242. The summed E-state index contributed by atoms with van der Waals surface area (Å²) in [5, 5.41) is 5.43. The van der Waals surface area contributed by atoms with E-state index in [4.69, 9.17) is 5.73 Å². The van der Waals surface area contributed by atoms with Crippen LogP contribution in [0.3, 0.4) is 0 Å². The molecule has 2 rings (SSSR count). The molecule has 0 radical (unpaired) electrons. The first-order valence-electron chi connectivity index (χ1n) is 6.65. The van der Waals surface area contributed by atoms with Crippen LogP contribution < -0.4 is 11.1 Å². The first-order chi connectivity index (χ1) is 9.92. The van der Waals surface area contributed by atoms with Crippen molar-refractivity contribution < 1.29 is 9.18 Å². The van der Waals surface area contributed by atoms with Crippen molar-refractivity contribution in [3.63, 3.8) is 0 Å². The SMILES string of the molecule is CC(C)(NC(=O)c1csc(CCN)n1)c1cccc(F)c1.Cl. The second-order valence-corrected chi connectivity index (χ2v) is 6.20. The zero-order chi connectivity index (χ0) is 15.5. The fourth-order valence-electron chi connectivity index (χ4n) is 1.95. The van der Waals surface area contributed by atoms with Gasteiger partial charge in [0.05, 0.1) is 10.5 Å². The summed E-state index contributed by atoms with van der Waals surface area (Å²) < 4.78 is 13.3. The zero-order valence-electron chi connectivity index (χ0n) is 12.4. The second-order valence-electron chi connectivity index (χ2n) is 5.25. The second kappa shape index (κ2) is 7.67. The van der Waals surface area contributed by atoms with Crippen LogP contribution in [0.2, 0.25) is 0 Å². The Bertz CT molecular complexity index is 645. The molecule has 1 heterocycles. The largest absolute Gasteiger partial charge is 0.342 e. The number of nitrogens with zero attached hydrogens (tertiary/aromatic N) is 1. The minimum absolute atomic E-state index is 0. The molecule has 120 valence electrons. The van der Waals surface area contributed by atoms with Gasteiger partial charge in [0.25, 0.3) is 5.91 Å². The highest BCUT2D eigenvalue weighted by molar-refractivity contribution is 7.09. The fourth-order valence-corrected chi connectivity index (χ4v) is 2.74. The van der Waals surface area contributed by atoms with Crippen molar-refractivity contribution in [1.29, 1.82) is 0 Å². The van der Waals surface area contributed by atoms with Gasteiger partial charge in [-0.15, -0.1) is 23.7 Å². The number of thiazole rings is 1. The highest BCUT2D eigenvalue weighted by Crippen LogP contribution is 2.21. The quantitative estimate of drug-likeness (QED) is 0.877. The average molecular weight is 344 g/mol. The van der Waals surface area contributed by atoms with Gasteiger partial charge in [0.1, 0.15) is 11.5 Å². The monoisotopic (exact) mass is 343 g/mol. The molecule has 0 bridgehead atoms. The van der Waals surface area contributed by atoms with Crippen molar-refractivity contribution in [3.8, 4) is 0 Å². The van der Waals surface area contributed by atoms with Crippen LogP contribution in [0.15, 0.2) is 29.6 Å². The van der Waals surface area contributed by atoms with Crippen LogP contribution in [0, 0.1) is 5.82 Å². The molecule has 0 aliphatic rings. The van der Waals surface area contributed by atoms with Gasteiger partial charge in [0.15, 0.2) is 0 Å². The van der Waals surface area contributed by atoms with Gasteiger partial charge in [-0.1, -0.05) is 12.1 Å². The molecule has 0 spiro atoms. The number of hydrogen-bond acceptors (Lipinski definition) is 4. The third kappa shape index (κ3) is 4.50. The Morgan fingerprint density at radius 1 is 1.45 bits per heavy atom. The molecule has 0 aliphatic carbocycles. The third-order valence-electron chi connectivity index (χ3n) is 3.11. The Labute approximate surface area is 139 Å². The number of nitrogens with one attached hydrogen (secondary N) is 1. The number of halogens is 2. The van der Waals surface area contributed by atoms with E-state index < -0.39 is 5.54 Å². The lowest BCUT2D eigenvalue weighted by Crippen LogP contribution is -2.41. The minimum atomic E-state index is -0.684. The van der Waals surface area contributed by atoms with Gasteiger partial charge in [0.2, 0.25) is 0 Å². The predicted molar refractivity (Wildman–Crippen MR) is 89.0 cm³/mol. The molecule has 0 unspecified atom stereocenters. The maximum Gasteiger partial charge on any atom is 0.271 e. The zero-order valence-corrected chi connectivity index (χ0v) is 14.1. The van der Waals surface area contributed by atoms with Gasteiger partial charge in [0, 0.05) is 11.8 Å². The van der Waals surface area contributed by atoms with Crippen LogP contribution in [0.4, 0.5) is 4.39 Å². The number of carbonyl (C=O) groups is 1. The summed E-state index contributed by atoms with van der Waals surface area (Å²) in [7, 11) is 0. The third-order valence-corrected chi connectivity index (χ3v) is 4.02. The summed E-state index contributed by atoms with van der Waals surface area (Å²) in [6.45, 7) is 4.16. The van der Waals surface area contributed by atoms with E-state index in [2.05, 4.69) is 10.3 Å². The Morgan fingerprint density at radius 2 is 2.18 bits per heavy atom. The van der Waals surface area contributed by atoms with E-state index in [1.807, 2.05) is 13.8 Å². The van der Waals surface area contributed by atoms with Gasteiger partial charge >= 0.3 is 0 Å². The lowest BCUT2D eigenvalue weighted by Gasteiger charge is -2.26. The van der Waals surface area contributed by atoms with Gasteiger partial charge in [-0.05, 0) is 38.1 Å². The van der Waals surface area contributed by atoms with Crippen LogP contribution >= 0.6 is 23.7 Å². The summed E-state index contributed by atoms with van der Waals surface area (Å²) in [6.07, 6.45) is 0.658. The molecular weight excluding hydrogens is 325 g/mol. The van der Waals surface area contributed by atoms with Crippen LogP contribution in [-0.4, -0.2) is 17.4 Å². The lowest BCUT2D eigenvalue weighted by atomic mass is 9.94. The maximum atomic E-state index is 13.3. The van der Waals surface area contributed by atoms with Crippen molar-refractivity contribution in [2.24, 2.45) is 5.73 Å². The fraction of sp³-hybridized carbons (Fsp3) is 0.333. The van der Waals surface area contributed by atoms with E-state index >= 15 is 0 Å². The van der Waals surface area contributed by atoms with E-state index in [-0.39, 0.29) is 24.1 Å². The molecule has 1 aromatic heterocycles. The number of hydrogen-bond donors (Lipinski definition) is 2. The maximum absolute atomic E-state index is 13.3. The molecule has 3 N–H and O–H groups in total. The van der Waals surface area contributed by atoms with E-state index in [9.17, 15) is 9.18 Å². The molecule has 0 saturated carbocycles. The molecular formula is C15H19ClFN3OS. The molecule has 0 atom stereocenters. The summed E-state index contributed by atoms with van der Waals surface area (Å²) in [6, 6.07) is 6.20. The van der Waals surface area contributed by atoms with Crippen molar-refractivity contribution in [3.05, 3.63) is 51.7 Å². The molecule has 2 aromatic rings. The first-order valence-corrected chi connectivity index (χ1v) is 7.53. The molecule has 1 amide bonds. The molecule has 1 aromatic carbocycles. The van der Waals surface area contributed by atoms with Crippen LogP contribution in [-0.2, 0) is 12.0 Å². The molecule has 7 heteroatoms. The van der Waals surface area contributed by atoms with E-state index in [1.54, 1.807) is 17.5 Å². The number of rotatable bonds is 5. The van der Waals surface area contributed by atoms with Crippen molar-refractivity contribution >= 4 is 29.7 Å². The number of aromatic nitrogens is 1. The standard InChI is InChI=1S/C15H18FN3OS.ClH/c1-15(2,10-4-3-5-11(16)8-10)19-14(20)12-9-21-13(18-12)6-7-17;/h3-5,8-9H,6-7,17H2,1-2H3,(H,19,20);1H. The summed E-state index contributed by atoms with van der Waals surface area (Å²) in [5.74, 6) is -0.600. The smallest absolute Gasteiger partial charge is 0.271 e. The van der Waals surface area contributed by atoms with E-state index in [0.717, 1.165) is 5.01 Å². The van der Waals surface area contributed by atoms with Crippen molar-refractivity contribution in [1.82, 2.24) is 10.3 Å². The summed E-state index contributed by atoms with van der Waals surface area (Å²) in [4.78, 5) is 16.5. The highest BCUT2D eigenvalue weighted by Gasteiger charge is 2.25. The van der Waals surface area contributed by atoms with Gasteiger partial charge in [-0.2, -0.15) is 0 Å². The van der Waals surface area contributed by atoms with Crippen molar-refractivity contribution in [2.45, 2.75) is 25.8 Å². The highest BCUT2D eigenvalue weighted by atomic mass is 35.5. The number of amides is 1. The van der Waals surface area contributed by atoms with Gasteiger partial charge in [-0.25, -0.2) is 9.37 Å². The molecule has 0 saturated heterocycles. The first kappa shape index (κ1) is 18.5. The predicted octanol–water partition coefficient (Wildman–Crippen LogP) is 2.87. The van der Waals surface area contributed by atoms with E-state index in [0.29, 0.717) is 24.2 Å². The number of carbonyl (C=O) groups excluding carboxylic acids is 1. The van der Waals surface area contributed by atoms with E-state index in [1.165, 1.54) is 23.5 Å². The van der Waals surface area contributed by atoms with Crippen molar-refractivity contribution in [2.75, 3.05) is 6.54 Å². The minimum Gasteiger partial charge on any atom is -0.342 e. The summed E-state index contributed by atoms with van der Waals surface area (Å²) in [5.41, 5.74) is 5.86. The van der Waals surface area contributed by atoms with Crippen LogP contribution in [0.1, 0.15) is 34.9 Å². The van der Waals surface area contributed by atoms with Crippen LogP contribution in [0.5, 0.6) is 0 Å². The number of benzene rings is 1. The average Bonchev–Trinajstić information content (AvgIpc) is 2.87. The molecule has 0 aliphatic heterocycles. The lowest BCUT2D eigenvalue weighted by molar-refractivity contribution is 0.0907. The Hall–Kier alpha value is -1.50. The molecule has 0 fully saturated rings. The molecule has 4 nitrogen and oxygen atoms in total.